The SMILES string of the molecule is CCCCCC(C)NS(=O)(=O)c1cc(C)c(F)c(N)c1. The van der Waals surface area contributed by atoms with E-state index >= 15 is 0 Å². The summed E-state index contributed by atoms with van der Waals surface area (Å²) < 4.78 is 40.4. The van der Waals surface area contributed by atoms with E-state index in [1.54, 1.807) is 0 Å². The fourth-order valence-electron chi connectivity index (χ4n) is 2.01. The Labute approximate surface area is 120 Å². The Morgan fingerprint density at radius 1 is 1.35 bits per heavy atom. The van der Waals surface area contributed by atoms with Gasteiger partial charge in [0.2, 0.25) is 10.0 Å². The number of aryl methyl sites for hydroxylation is 1. The number of sulfonamides is 1. The first-order chi connectivity index (χ1) is 9.27. The van der Waals surface area contributed by atoms with Crippen LogP contribution in [-0.2, 0) is 10.0 Å². The maximum atomic E-state index is 13.4. The van der Waals surface area contributed by atoms with Crippen LogP contribution in [0.25, 0.3) is 0 Å². The fraction of sp³-hybridized carbons (Fsp3) is 0.571. The number of hydrogen-bond donors (Lipinski definition) is 2. The molecule has 0 amide bonds. The van der Waals surface area contributed by atoms with Gasteiger partial charge < -0.3 is 5.73 Å². The number of rotatable bonds is 7. The largest absolute Gasteiger partial charge is 0.396 e. The molecule has 114 valence electrons. The standard InChI is InChI=1S/C14H23FN2O2S/c1-4-5-6-7-11(3)17-20(18,19)12-8-10(2)14(15)13(16)9-12/h8-9,11,17H,4-7,16H2,1-3H3. The summed E-state index contributed by atoms with van der Waals surface area (Å²) in [6, 6.07) is 2.30. The van der Waals surface area contributed by atoms with Gasteiger partial charge in [0.15, 0.2) is 0 Å². The number of benzene rings is 1. The zero-order valence-electron chi connectivity index (χ0n) is 12.2. The van der Waals surface area contributed by atoms with Gasteiger partial charge >= 0.3 is 0 Å². The third-order valence-corrected chi connectivity index (χ3v) is 4.73. The maximum Gasteiger partial charge on any atom is 0.240 e. The van der Waals surface area contributed by atoms with Crippen molar-refractivity contribution in [1.82, 2.24) is 4.72 Å². The summed E-state index contributed by atoms with van der Waals surface area (Å²) in [6.45, 7) is 5.42. The summed E-state index contributed by atoms with van der Waals surface area (Å²) in [4.78, 5) is 0.0104. The van der Waals surface area contributed by atoms with Crippen LogP contribution in [0, 0.1) is 12.7 Å². The summed E-state index contributed by atoms with van der Waals surface area (Å²) in [5, 5.41) is 0. The first kappa shape index (κ1) is 16.9. The van der Waals surface area contributed by atoms with Gasteiger partial charge in [-0.05, 0) is 38.0 Å². The molecule has 0 bridgehead atoms. The Morgan fingerprint density at radius 2 is 2.00 bits per heavy atom. The normalized spacial score (nSPS) is 13.4. The highest BCUT2D eigenvalue weighted by molar-refractivity contribution is 7.89. The zero-order chi connectivity index (χ0) is 15.3. The molecule has 0 aliphatic carbocycles. The molecule has 0 heterocycles. The minimum absolute atomic E-state index is 0.0104. The van der Waals surface area contributed by atoms with E-state index < -0.39 is 15.8 Å². The summed E-state index contributed by atoms with van der Waals surface area (Å²) >= 11 is 0. The second-order valence-corrected chi connectivity index (χ2v) is 6.88. The first-order valence-electron chi connectivity index (χ1n) is 6.86. The zero-order valence-corrected chi connectivity index (χ0v) is 13.1. The molecule has 6 heteroatoms. The highest BCUT2D eigenvalue weighted by Gasteiger charge is 2.19. The van der Waals surface area contributed by atoms with Crippen LogP contribution in [0.15, 0.2) is 17.0 Å². The molecule has 0 aliphatic rings. The Hall–Kier alpha value is -1.14. The number of nitrogen functional groups attached to an aromatic ring is 1. The van der Waals surface area contributed by atoms with E-state index in [2.05, 4.69) is 11.6 Å². The van der Waals surface area contributed by atoms with Crippen molar-refractivity contribution in [2.45, 2.75) is 57.4 Å². The number of anilines is 1. The second-order valence-electron chi connectivity index (χ2n) is 5.16. The van der Waals surface area contributed by atoms with Crippen molar-refractivity contribution in [3.05, 3.63) is 23.5 Å². The molecule has 1 aromatic rings. The summed E-state index contributed by atoms with van der Waals surface area (Å²) in [5.41, 5.74) is 5.56. The van der Waals surface area contributed by atoms with Gasteiger partial charge in [-0.3, -0.25) is 0 Å². The Bertz CT molecular complexity index is 535. The second kappa shape index (κ2) is 7.04. The molecule has 0 saturated carbocycles. The van der Waals surface area contributed by atoms with Crippen molar-refractivity contribution < 1.29 is 12.8 Å². The molecule has 0 spiro atoms. The minimum atomic E-state index is -3.66. The molecule has 20 heavy (non-hydrogen) atoms. The third-order valence-electron chi connectivity index (χ3n) is 3.16. The highest BCUT2D eigenvalue weighted by Crippen LogP contribution is 2.21. The van der Waals surface area contributed by atoms with Crippen LogP contribution in [0.1, 0.15) is 45.1 Å². The van der Waals surface area contributed by atoms with Crippen LogP contribution in [-0.4, -0.2) is 14.5 Å². The smallest absolute Gasteiger partial charge is 0.240 e. The Balaban J connectivity index is 2.84. The lowest BCUT2D eigenvalue weighted by Crippen LogP contribution is -2.32. The predicted molar refractivity (Wildman–Crippen MR) is 79.5 cm³/mol. The van der Waals surface area contributed by atoms with Crippen LogP contribution in [0.5, 0.6) is 0 Å². The molecule has 1 aromatic carbocycles. The number of hydrogen-bond acceptors (Lipinski definition) is 3. The molecule has 4 nitrogen and oxygen atoms in total. The molecule has 3 N–H and O–H groups in total. The van der Waals surface area contributed by atoms with Crippen LogP contribution in [0.4, 0.5) is 10.1 Å². The summed E-state index contributed by atoms with van der Waals surface area (Å²) in [5.74, 6) is -0.569. The fourth-order valence-corrected chi connectivity index (χ4v) is 3.41. The third kappa shape index (κ3) is 4.45. The van der Waals surface area contributed by atoms with E-state index in [9.17, 15) is 12.8 Å². The number of halogens is 1. The van der Waals surface area contributed by atoms with Crippen molar-refractivity contribution >= 4 is 15.7 Å². The van der Waals surface area contributed by atoms with Crippen molar-refractivity contribution in [3.63, 3.8) is 0 Å². The predicted octanol–water partition coefficient (Wildman–Crippen LogP) is 2.96. The quantitative estimate of drug-likeness (QED) is 0.601. The van der Waals surface area contributed by atoms with Crippen molar-refractivity contribution in [3.8, 4) is 0 Å². The average Bonchev–Trinajstić information content (AvgIpc) is 2.35. The lowest BCUT2D eigenvalue weighted by Gasteiger charge is -2.15. The van der Waals surface area contributed by atoms with Gasteiger partial charge in [0, 0.05) is 6.04 Å². The van der Waals surface area contributed by atoms with E-state index in [1.165, 1.54) is 13.0 Å². The number of unbranched alkanes of at least 4 members (excludes halogenated alkanes) is 2. The maximum absolute atomic E-state index is 13.4. The van der Waals surface area contributed by atoms with Crippen LogP contribution >= 0.6 is 0 Å². The van der Waals surface area contributed by atoms with Crippen LogP contribution in [0.2, 0.25) is 0 Å². The summed E-state index contributed by atoms with van der Waals surface area (Å²) in [7, 11) is -3.66. The highest BCUT2D eigenvalue weighted by atomic mass is 32.2. The molecule has 0 aromatic heterocycles. The van der Waals surface area contributed by atoms with E-state index in [4.69, 9.17) is 5.73 Å². The van der Waals surface area contributed by atoms with Crippen LogP contribution in [0.3, 0.4) is 0 Å². The van der Waals surface area contributed by atoms with Gasteiger partial charge in [-0.25, -0.2) is 17.5 Å². The van der Waals surface area contributed by atoms with Crippen LogP contribution < -0.4 is 10.5 Å². The topological polar surface area (TPSA) is 72.2 Å². The van der Waals surface area contributed by atoms with Gasteiger partial charge in [-0.1, -0.05) is 26.2 Å². The lowest BCUT2D eigenvalue weighted by atomic mass is 10.1. The van der Waals surface area contributed by atoms with E-state index in [0.29, 0.717) is 0 Å². The molecule has 0 radical (unpaired) electrons. The Morgan fingerprint density at radius 3 is 2.55 bits per heavy atom. The molecule has 1 atom stereocenters. The minimum Gasteiger partial charge on any atom is -0.396 e. The van der Waals surface area contributed by atoms with Gasteiger partial charge in [0.1, 0.15) is 5.82 Å². The molecule has 0 saturated heterocycles. The average molecular weight is 302 g/mol. The van der Waals surface area contributed by atoms with Gasteiger partial charge in [-0.2, -0.15) is 0 Å². The molecule has 1 rings (SSSR count). The number of nitrogens with one attached hydrogen (secondary N) is 1. The van der Waals surface area contributed by atoms with Crippen molar-refractivity contribution in [1.29, 1.82) is 0 Å². The number of nitrogens with two attached hydrogens (primary N) is 1. The molecular weight excluding hydrogens is 279 g/mol. The van der Waals surface area contributed by atoms with E-state index in [0.717, 1.165) is 31.7 Å². The summed E-state index contributed by atoms with van der Waals surface area (Å²) in [6.07, 6.45) is 3.93. The van der Waals surface area contributed by atoms with Gasteiger partial charge in [0.25, 0.3) is 0 Å². The first-order valence-corrected chi connectivity index (χ1v) is 8.34. The van der Waals surface area contributed by atoms with E-state index in [-0.39, 0.29) is 22.2 Å². The lowest BCUT2D eigenvalue weighted by molar-refractivity contribution is 0.527. The van der Waals surface area contributed by atoms with Gasteiger partial charge in [-0.15, -0.1) is 0 Å². The van der Waals surface area contributed by atoms with Gasteiger partial charge in [0.05, 0.1) is 10.6 Å². The monoisotopic (exact) mass is 302 g/mol. The Kier molecular flexibility index (Phi) is 5.95. The molecule has 0 aliphatic heterocycles. The van der Waals surface area contributed by atoms with E-state index in [1.807, 2.05) is 6.92 Å². The molecular formula is C14H23FN2O2S. The van der Waals surface area contributed by atoms with Crippen molar-refractivity contribution in [2.24, 2.45) is 0 Å². The van der Waals surface area contributed by atoms with Crippen molar-refractivity contribution in [2.75, 3.05) is 5.73 Å². The molecule has 1 unspecified atom stereocenters. The molecule has 0 fully saturated rings.